The number of hydrogen-bond donors (Lipinski definition) is 2. The molecule has 20 heavy (non-hydrogen) atoms. The summed E-state index contributed by atoms with van der Waals surface area (Å²) in [5, 5.41) is 12.7. The summed E-state index contributed by atoms with van der Waals surface area (Å²) in [7, 11) is 0. The van der Waals surface area contributed by atoms with Crippen LogP contribution in [0, 0.1) is 11.3 Å². The lowest BCUT2D eigenvalue weighted by molar-refractivity contribution is -0.147. The first-order valence-corrected chi connectivity index (χ1v) is 8.11. The summed E-state index contributed by atoms with van der Waals surface area (Å²) in [5.41, 5.74) is -0.356. The van der Waals surface area contributed by atoms with Gasteiger partial charge in [-0.3, -0.25) is 4.79 Å². The van der Waals surface area contributed by atoms with E-state index in [0.717, 1.165) is 38.8 Å². The highest BCUT2D eigenvalue weighted by atomic mass is 16.3. The molecule has 1 atom stereocenters. The Balaban J connectivity index is 2.85. The zero-order valence-corrected chi connectivity index (χ0v) is 13.6. The quantitative estimate of drug-likeness (QED) is 0.752. The number of amides is 1. The first kappa shape index (κ1) is 17.4. The molecule has 1 aliphatic rings. The second-order valence-electron chi connectivity index (χ2n) is 6.46. The van der Waals surface area contributed by atoms with Crippen molar-refractivity contribution in [3.8, 4) is 0 Å². The number of piperidine rings is 1. The van der Waals surface area contributed by atoms with Gasteiger partial charge in [-0.2, -0.15) is 0 Å². The van der Waals surface area contributed by atoms with Crippen LogP contribution in [0.1, 0.15) is 53.4 Å². The summed E-state index contributed by atoms with van der Waals surface area (Å²) < 4.78 is 0. The van der Waals surface area contributed by atoms with Crippen molar-refractivity contribution in [3.05, 3.63) is 0 Å². The molecule has 0 bridgehead atoms. The molecule has 1 aliphatic heterocycles. The summed E-state index contributed by atoms with van der Waals surface area (Å²) in [4.78, 5) is 14.9. The monoisotopic (exact) mass is 284 g/mol. The van der Waals surface area contributed by atoms with E-state index < -0.39 is 0 Å². The molecule has 1 heterocycles. The van der Waals surface area contributed by atoms with Crippen LogP contribution in [0.3, 0.4) is 0 Å². The molecule has 4 heteroatoms. The highest BCUT2D eigenvalue weighted by molar-refractivity contribution is 5.82. The van der Waals surface area contributed by atoms with Crippen molar-refractivity contribution in [3.63, 3.8) is 0 Å². The maximum atomic E-state index is 13.0. The Bertz CT molecular complexity index is 295. The standard InChI is InChI=1S/C16H32N2O2/c1-5-14(6-2)18(10-11-19)15(20)16(3,4)13-8-7-9-17-12-13/h13-14,17,19H,5-12H2,1-4H3. The third kappa shape index (κ3) is 3.95. The SMILES string of the molecule is CCC(CC)N(CCO)C(=O)C(C)(C)C1CCCNC1. The van der Waals surface area contributed by atoms with Gasteiger partial charge in [-0.15, -0.1) is 0 Å². The van der Waals surface area contributed by atoms with Crippen molar-refractivity contribution in [1.29, 1.82) is 0 Å². The minimum Gasteiger partial charge on any atom is -0.395 e. The van der Waals surface area contributed by atoms with E-state index in [1.807, 2.05) is 4.90 Å². The van der Waals surface area contributed by atoms with E-state index in [0.29, 0.717) is 12.5 Å². The van der Waals surface area contributed by atoms with Gasteiger partial charge in [0.2, 0.25) is 5.91 Å². The van der Waals surface area contributed by atoms with E-state index in [1.165, 1.54) is 0 Å². The lowest BCUT2D eigenvalue weighted by Crippen LogP contribution is -2.52. The molecule has 1 rings (SSSR count). The van der Waals surface area contributed by atoms with Gasteiger partial charge in [-0.1, -0.05) is 27.7 Å². The van der Waals surface area contributed by atoms with Crippen LogP contribution in [-0.4, -0.2) is 48.2 Å². The molecule has 0 aromatic heterocycles. The lowest BCUT2D eigenvalue weighted by Gasteiger charge is -2.42. The predicted octanol–water partition coefficient (Wildman–Crippen LogP) is 2.02. The van der Waals surface area contributed by atoms with Crippen LogP contribution in [0.2, 0.25) is 0 Å². The molecule has 0 radical (unpaired) electrons. The zero-order chi connectivity index (χ0) is 15.2. The van der Waals surface area contributed by atoms with E-state index in [2.05, 4.69) is 33.0 Å². The fourth-order valence-electron chi connectivity index (χ4n) is 3.30. The first-order chi connectivity index (χ1) is 9.48. The van der Waals surface area contributed by atoms with Crippen molar-refractivity contribution < 1.29 is 9.90 Å². The summed E-state index contributed by atoms with van der Waals surface area (Å²) in [6.07, 6.45) is 4.15. The van der Waals surface area contributed by atoms with Gasteiger partial charge in [0.25, 0.3) is 0 Å². The largest absolute Gasteiger partial charge is 0.395 e. The molecule has 0 aromatic rings. The van der Waals surface area contributed by atoms with Gasteiger partial charge in [-0.05, 0) is 44.7 Å². The molecule has 1 unspecified atom stereocenters. The number of aliphatic hydroxyl groups is 1. The predicted molar refractivity (Wildman–Crippen MR) is 82.5 cm³/mol. The van der Waals surface area contributed by atoms with E-state index in [-0.39, 0.29) is 24.0 Å². The average molecular weight is 284 g/mol. The van der Waals surface area contributed by atoms with Gasteiger partial charge in [0.05, 0.1) is 6.61 Å². The van der Waals surface area contributed by atoms with Crippen molar-refractivity contribution in [2.24, 2.45) is 11.3 Å². The maximum absolute atomic E-state index is 13.0. The van der Waals surface area contributed by atoms with Crippen LogP contribution in [0.15, 0.2) is 0 Å². The molecular formula is C16H32N2O2. The topological polar surface area (TPSA) is 52.6 Å². The smallest absolute Gasteiger partial charge is 0.228 e. The molecular weight excluding hydrogens is 252 g/mol. The van der Waals surface area contributed by atoms with Crippen LogP contribution in [0.25, 0.3) is 0 Å². The van der Waals surface area contributed by atoms with Crippen LogP contribution < -0.4 is 5.32 Å². The molecule has 1 saturated heterocycles. The lowest BCUT2D eigenvalue weighted by atomic mass is 9.73. The summed E-state index contributed by atoms with van der Waals surface area (Å²) in [5.74, 6) is 0.591. The number of nitrogens with one attached hydrogen (secondary N) is 1. The van der Waals surface area contributed by atoms with Crippen LogP contribution in [-0.2, 0) is 4.79 Å². The Kier molecular flexibility index (Phi) is 6.96. The van der Waals surface area contributed by atoms with E-state index >= 15 is 0 Å². The number of nitrogens with zero attached hydrogens (tertiary/aromatic N) is 1. The summed E-state index contributed by atoms with van der Waals surface area (Å²) >= 11 is 0. The number of rotatable bonds is 7. The van der Waals surface area contributed by atoms with Crippen LogP contribution in [0.4, 0.5) is 0 Å². The van der Waals surface area contributed by atoms with E-state index in [1.54, 1.807) is 0 Å². The second-order valence-corrected chi connectivity index (χ2v) is 6.46. The Morgan fingerprint density at radius 1 is 1.40 bits per heavy atom. The number of carbonyl (C=O) groups is 1. The van der Waals surface area contributed by atoms with Crippen LogP contribution in [0.5, 0.6) is 0 Å². The Morgan fingerprint density at radius 2 is 2.05 bits per heavy atom. The molecule has 0 aliphatic carbocycles. The second kappa shape index (κ2) is 7.99. The van der Waals surface area contributed by atoms with Crippen molar-refractivity contribution in [2.75, 3.05) is 26.2 Å². The normalized spacial score (nSPS) is 20.2. The fraction of sp³-hybridized carbons (Fsp3) is 0.938. The third-order valence-corrected chi connectivity index (χ3v) is 4.85. The number of hydrogen-bond acceptors (Lipinski definition) is 3. The van der Waals surface area contributed by atoms with Crippen molar-refractivity contribution in [1.82, 2.24) is 10.2 Å². The van der Waals surface area contributed by atoms with Crippen molar-refractivity contribution in [2.45, 2.75) is 59.4 Å². The maximum Gasteiger partial charge on any atom is 0.228 e. The molecule has 1 fully saturated rings. The Hall–Kier alpha value is -0.610. The van der Waals surface area contributed by atoms with Gasteiger partial charge in [0.15, 0.2) is 0 Å². The molecule has 4 nitrogen and oxygen atoms in total. The summed E-state index contributed by atoms with van der Waals surface area (Å²) in [6.45, 7) is 10.8. The molecule has 0 saturated carbocycles. The molecule has 1 amide bonds. The average Bonchev–Trinajstić information content (AvgIpc) is 2.47. The molecule has 0 aromatic carbocycles. The van der Waals surface area contributed by atoms with Gasteiger partial charge in [0, 0.05) is 18.0 Å². The van der Waals surface area contributed by atoms with Gasteiger partial charge in [-0.25, -0.2) is 0 Å². The summed E-state index contributed by atoms with van der Waals surface area (Å²) in [6, 6.07) is 0.241. The Labute approximate surface area is 123 Å². The molecule has 0 spiro atoms. The van der Waals surface area contributed by atoms with E-state index in [4.69, 9.17) is 0 Å². The molecule has 118 valence electrons. The van der Waals surface area contributed by atoms with Crippen LogP contribution >= 0.6 is 0 Å². The number of aliphatic hydroxyl groups excluding tert-OH is 1. The third-order valence-electron chi connectivity index (χ3n) is 4.85. The van der Waals surface area contributed by atoms with Gasteiger partial charge < -0.3 is 15.3 Å². The first-order valence-electron chi connectivity index (χ1n) is 8.11. The van der Waals surface area contributed by atoms with Gasteiger partial charge in [0.1, 0.15) is 0 Å². The highest BCUT2D eigenvalue weighted by Crippen LogP contribution is 2.34. The highest BCUT2D eigenvalue weighted by Gasteiger charge is 2.40. The minimum atomic E-state index is -0.356. The zero-order valence-electron chi connectivity index (χ0n) is 13.6. The minimum absolute atomic E-state index is 0.0429. The van der Waals surface area contributed by atoms with Gasteiger partial charge >= 0.3 is 0 Å². The fourth-order valence-corrected chi connectivity index (χ4v) is 3.30. The van der Waals surface area contributed by atoms with E-state index in [9.17, 15) is 9.90 Å². The molecule has 2 N–H and O–H groups in total. The Morgan fingerprint density at radius 3 is 2.50 bits per heavy atom. The number of carbonyl (C=O) groups excluding carboxylic acids is 1. The van der Waals surface area contributed by atoms with Crippen molar-refractivity contribution >= 4 is 5.91 Å².